The van der Waals surface area contributed by atoms with Crippen LogP contribution in [0.5, 0.6) is 0 Å². The number of thiophene rings is 1. The first kappa shape index (κ1) is 11.5. The average Bonchev–Trinajstić information content (AvgIpc) is 2.63. The van der Waals surface area contributed by atoms with Crippen molar-refractivity contribution in [2.75, 3.05) is 6.54 Å². The lowest BCUT2D eigenvalue weighted by Crippen LogP contribution is -2.21. The van der Waals surface area contributed by atoms with Gasteiger partial charge in [0.1, 0.15) is 0 Å². The van der Waals surface area contributed by atoms with Crippen LogP contribution in [0.25, 0.3) is 6.08 Å². The van der Waals surface area contributed by atoms with Crippen molar-refractivity contribution in [2.24, 2.45) is 0 Å². The molecule has 0 aliphatic heterocycles. The Hall–Kier alpha value is -1.62. The lowest BCUT2D eigenvalue weighted by molar-refractivity contribution is -0.131. The molecule has 0 radical (unpaired) electrons. The summed E-state index contributed by atoms with van der Waals surface area (Å²) in [4.78, 5) is 22.4. The molecular formula is C10H11NO3S. The second kappa shape index (κ2) is 5.31. The third kappa shape index (κ3) is 3.55. The number of rotatable bonds is 4. The van der Waals surface area contributed by atoms with Gasteiger partial charge in [-0.2, -0.15) is 0 Å². The van der Waals surface area contributed by atoms with E-state index in [-0.39, 0.29) is 5.91 Å². The molecule has 0 unspecified atom stereocenters. The van der Waals surface area contributed by atoms with Crippen LogP contribution >= 0.6 is 11.3 Å². The smallest absolute Gasteiger partial charge is 0.328 e. The third-order valence-electron chi connectivity index (χ3n) is 1.61. The van der Waals surface area contributed by atoms with E-state index in [4.69, 9.17) is 5.11 Å². The SMILES string of the molecule is CCNC(=O)c1csc(C=CC(=O)O)c1. The van der Waals surface area contributed by atoms with Gasteiger partial charge in [-0.05, 0) is 19.1 Å². The van der Waals surface area contributed by atoms with Crippen LogP contribution in [0.1, 0.15) is 22.2 Å². The van der Waals surface area contributed by atoms with E-state index in [9.17, 15) is 9.59 Å². The van der Waals surface area contributed by atoms with Crippen LogP contribution < -0.4 is 5.32 Å². The Morgan fingerprint density at radius 3 is 2.93 bits per heavy atom. The number of nitrogens with one attached hydrogen (secondary N) is 1. The molecule has 0 bridgehead atoms. The number of hydrogen-bond donors (Lipinski definition) is 2. The lowest BCUT2D eigenvalue weighted by Gasteiger charge is -1.96. The highest BCUT2D eigenvalue weighted by molar-refractivity contribution is 7.11. The molecule has 0 saturated heterocycles. The normalized spacial score (nSPS) is 10.5. The fourth-order valence-corrected chi connectivity index (χ4v) is 1.76. The summed E-state index contributed by atoms with van der Waals surface area (Å²) in [5.41, 5.74) is 0.562. The molecule has 0 saturated carbocycles. The molecule has 15 heavy (non-hydrogen) atoms. The number of carboxylic acids is 1. The summed E-state index contributed by atoms with van der Waals surface area (Å²) >= 11 is 1.33. The Bertz CT molecular complexity index is 395. The number of carboxylic acid groups (broad SMARTS) is 1. The first-order valence-corrected chi connectivity index (χ1v) is 5.29. The molecule has 0 fully saturated rings. The summed E-state index contributed by atoms with van der Waals surface area (Å²) in [5, 5.41) is 12.8. The number of carbonyl (C=O) groups is 2. The van der Waals surface area contributed by atoms with Crippen molar-refractivity contribution in [1.82, 2.24) is 5.32 Å². The van der Waals surface area contributed by atoms with E-state index in [1.807, 2.05) is 6.92 Å². The summed E-state index contributed by atoms with van der Waals surface area (Å²) in [7, 11) is 0. The number of hydrogen-bond acceptors (Lipinski definition) is 3. The van der Waals surface area contributed by atoms with Gasteiger partial charge in [-0.3, -0.25) is 4.79 Å². The predicted molar refractivity (Wildman–Crippen MR) is 59.0 cm³/mol. The Labute approximate surface area is 91.2 Å². The summed E-state index contributed by atoms with van der Waals surface area (Å²) < 4.78 is 0. The maximum absolute atomic E-state index is 11.4. The van der Waals surface area contributed by atoms with E-state index in [2.05, 4.69) is 5.32 Å². The first-order chi connectivity index (χ1) is 7.13. The Balaban J connectivity index is 2.72. The molecule has 0 aliphatic rings. The lowest BCUT2D eigenvalue weighted by atomic mass is 10.3. The molecule has 1 aromatic rings. The molecule has 0 spiro atoms. The van der Waals surface area contributed by atoms with E-state index >= 15 is 0 Å². The minimum absolute atomic E-state index is 0.135. The van der Waals surface area contributed by atoms with Crippen LogP contribution in [0.4, 0.5) is 0 Å². The highest BCUT2D eigenvalue weighted by Crippen LogP contribution is 2.16. The van der Waals surface area contributed by atoms with Crippen LogP contribution in [0.15, 0.2) is 17.5 Å². The molecule has 5 heteroatoms. The van der Waals surface area contributed by atoms with Gasteiger partial charge in [0.2, 0.25) is 0 Å². The summed E-state index contributed by atoms with van der Waals surface area (Å²) in [6.07, 6.45) is 2.52. The van der Waals surface area contributed by atoms with Crippen molar-refractivity contribution < 1.29 is 14.7 Å². The minimum Gasteiger partial charge on any atom is -0.478 e. The van der Waals surface area contributed by atoms with Crippen LogP contribution in [-0.2, 0) is 4.79 Å². The number of carbonyl (C=O) groups excluding carboxylic acids is 1. The van der Waals surface area contributed by atoms with Crippen LogP contribution in [0.2, 0.25) is 0 Å². The van der Waals surface area contributed by atoms with Crippen molar-refractivity contribution in [3.8, 4) is 0 Å². The van der Waals surface area contributed by atoms with Crippen molar-refractivity contribution in [2.45, 2.75) is 6.92 Å². The van der Waals surface area contributed by atoms with E-state index in [1.165, 1.54) is 17.4 Å². The third-order valence-corrected chi connectivity index (χ3v) is 2.51. The topological polar surface area (TPSA) is 66.4 Å². The van der Waals surface area contributed by atoms with E-state index in [1.54, 1.807) is 11.4 Å². The van der Waals surface area contributed by atoms with Crippen LogP contribution in [0.3, 0.4) is 0 Å². The molecule has 4 nitrogen and oxygen atoms in total. The summed E-state index contributed by atoms with van der Waals surface area (Å²) in [6.45, 7) is 2.42. The maximum atomic E-state index is 11.4. The second-order valence-electron chi connectivity index (χ2n) is 2.77. The largest absolute Gasteiger partial charge is 0.478 e. The average molecular weight is 225 g/mol. The number of aliphatic carboxylic acids is 1. The Kier molecular flexibility index (Phi) is 4.05. The fraction of sp³-hybridized carbons (Fsp3) is 0.200. The first-order valence-electron chi connectivity index (χ1n) is 4.41. The maximum Gasteiger partial charge on any atom is 0.328 e. The molecule has 1 rings (SSSR count). The zero-order valence-corrected chi connectivity index (χ0v) is 9.00. The molecule has 0 aromatic carbocycles. The van der Waals surface area contributed by atoms with Gasteiger partial charge in [0.25, 0.3) is 5.91 Å². The zero-order valence-electron chi connectivity index (χ0n) is 8.19. The van der Waals surface area contributed by atoms with Gasteiger partial charge < -0.3 is 10.4 Å². The van der Waals surface area contributed by atoms with Gasteiger partial charge in [0.05, 0.1) is 5.56 Å². The highest BCUT2D eigenvalue weighted by Gasteiger charge is 2.05. The van der Waals surface area contributed by atoms with Crippen LogP contribution in [0, 0.1) is 0 Å². The molecule has 1 aromatic heterocycles. The van der Waals surface area contributed by atoms with Gasteiger partial charge in [0, 0.05) is 22.9 Å². The second-order valence-corrected chi connectivity index (χ2v) is 3.71. The zero-order chi connectivity index (χ0) is 11.3. The molecular weight excluding hydrogens is 214 g/mol. The van der Waals surface area contributed by atoms with E-state index in [0.29, 0.717) is 12.1 Å². The van der Waals surface area contributed by atoms with Crippen molar-refractivity contribution in [3.05, 3.63) is 28.0 Å². The Morgan fingerprint density at radius 1 is 1.60 bits per heavy atom. The van der Waals surface area contributed by atoms with Gasteiger partial charge in [-0.15, -0.1) is 11.3 Å². The fourth-order valence-electron chi connectivity index (χ4n) is 0.975. The molecule has 80 valence electrons. The van der Waals surface area contributed by atoms with Gasteiger partial charge >= 0.3 is 5.97 Å². The van der Waals surface area contributed by atoms with E-state index < -0.39 is 5.97 Å². The summed E-state index contributed by atoms with van der Waals surface area (Å²) in [6, 6.07) is 1.66. The molecule has 1 amide bonds. The minimum atomic E-state index is -0.997. The van der Waals surface area contributed by atoms with E-state index in [0.717, 1.165) is 11.0 Å². The summed E-state index contributed by atoms with van der Waals surface area (Å²) in [5.74, 6) is -1.13. The molecule has 2 N–H and O–H groups in total. The predicted octanol–water partition coefficient (Wildman–Crippen LogP) is 1.60. The standard InChI is InChI=1S/C10H11NO3S/c1-2-11-10(14)7-5-8(15-6-7)3-4-9(12)13/h3-6H,2H2,1H3,(H,11,14)(H,12,13). The monoisotopic (exact) mass is 225 g/mol. The van der Waals surface area contributed by atoms with Gasteiger partial charge in [-0.1, -0.05) is 0 Å². The molecule has 0 aliphatic carbocycles. The quantitative estimate of drug-likeness (QED) is 0.765. The van der Waals surface area contributed by atoms with Gasteiger partial charge in [-0.25, -0.2) is 4.79 Å². The highest BCUT2D eigenvalue weighted by atomic mass is 32.1. The number of amides is 1. The van der Waals surface area contributed by atoms with Crippen LogP contribution in [-0.4, -0.2) is 23.5 Å². The molecule has 0 atom stereocenters. The van der Waals surface area contributed by atoms with Gasteiger partial charge in [0.15, 0.2) is 0 Å². The Morgan fingerprint density at radius 2 is 2.33 bits per heavy atom. The van der Waals surface area contributed by atoms with Crippen molar-refractivity contribution in [3.63, 3.8) is 0 Å². The van der Waals surface area contributed by atoms with Crippen molar-refractivity contribution in [1.29, 1.82) is 0 Å². The molecule has 1 heterocycles. The van der Waals surface area contributed by atoms with Crippen molar-refractivity contribution >= 4 is 29.3 Å².